The lowest BCUT2D eigenvalue weighted by Gasteiger charge is -2.19. The van der Waals surface area contributed by atoms with Gasteiger partial charge in [0.2, 0.25) is 5.91 Å². The van der Waals surface area contributed by atoms with Crippen LogP contribution in [0.4, 0.5) is 5.82 Å². The third-order valence-electron chi connectivity index (χ3n) is 5.38. The molecule has 0 bridgehead atoms. The number of nitrogens with one attached hydrogen (secondary N) is 2. The van der Waals surface area contributed by atoms with Crippen molar-refractivity contribution in [2.24, 2.45) is 0 Å². The van der Waals surface area contributed by atoms with Gasteiger partial charge in [-0.1, -0.05) is 39.0 Å². The third-order valence-corrected chi connectivity index (χ3v) is 5.38. The van der Waals surface area contributed by atoms with Crippen LogP contribution in [0.3, 0.4) is 0 Å². The number of aromatic nitrogens is 1. The highest BCUT2D eigenvalue weighted by Crippen LogP contribution is 2.22. The summed E-state index contributed by atoms with van der Waals surface area (Å²) in [7, 11) is 0. The molecule has 1 aromatic carbocycles. The van der Waals surface area contributed by atoms with Gasteiger partial charge in [0.25, 0.3) is 5.91 Å². The van der Waals surface area contributed by atoms with E-state index in [-0.39, 0.29) is 23.7 Å². The van der Waals surface area contributed by atoms with E-state index in [2.05, 4.69) is 41.3 Å². The molecule has 0 unspecified atom stereocenters. The largest absolute Gasteiger partial charge is 0.357 e. The Morgan fingerprint density at radius 2 is 1.70 bits per heavy atom. The van der Waals surface area contributed by atoms with E-state index in [1.165, 1.54) is 18.4 Å². The van der Waals surface area contributed by atoms with Crippen molar-refractivity contribution in [1.29, 1.82) is 0 Å². The molecule has 3 rings (SSSR count). The first-order valence-electron chi connectivity index (χ1n) is 10.7. The highest BCUT2D eigenvalue weighted by molar-refractivity contribution is 5.94. The Kier molecular flexibility index (Phi) is 7.08. The number of benzene rings is 1. The van der Waals surface area contributed by atoms with E-state index in [0.717, 1.165) is 24.5 Å². The fourth-order valence-electron chi connectivity index (χ4n) is 3.46. The summed E-state index contributed by atoms with van der Waals surface area (Å²) in [5.41, 5.74) is 2.81. The second-order valence-electron chi connectivity index (χ2n) is 8.83. The second kappa shape index (κ2) is 9.74. The van der Waals surface area contributed by atoms with Crippen LogP contribution in [0.2, 0.25) is 0 Å². The quantitative estimate of drug-likeness (QED) is 0.736. The number of amides is 2. The predicted molar refractivity (Wildman–Crippen MR) is 120 cm³/mol. The number of carbonyl (C=O) groups is 2. The molecule has 1 aliphatic heterocycles. The second-order valence-corrected chi connectivity index (χ2v) is 8.83. The maximum Gasteiger partial charge on any atom is 0.251 e. The predicted octanol–water partition coefficient (Wildman–Crippen LogP) is 3.42. The fourth-order valence-corrected chi connectivity index (χ4v) is 3.46. The highest BCUT2D eigenvalue weighted by atomic mass is 16.2. The maximum absolute atomic E-state index is 12.3. The topological polar surface area (TPSA) is 74.3 Å². The Morgan fingerprint density at radius 1 is 1.00 bits per heavy atom. The monoisotopic (exact) mass is 408 g/mol. The van der Waals surface area contributed by atoms with Gasteiger partial charge >= 0.3 is 0 Å². The molecule has 0 spiro atoms. The van der Waals surface area contributed by atoms with Gasteiger partial charge in [0, 0.05) is 44.4 Å². The van der Waals surface area contributed by atoms with Crippen molar-refractivity contribution in [3.05, 3.63) is 59.3 Å². The van der Waals surface area contributed by atoms with E-state index >= 15 is 0 Å². The van der Waals surface area contributed by atoms with E-state index in [9.17, 15) is 9.59 Å². The molecule has 0 saturated carbocycles. The number of nitrogens with zero attached hydrogens (tertiary/aromatic N) is 2. The van der Waals surface area contributed by atoms with Gasteiger partial charge in [-0.3, -0.25) is 9.59 Å². The average Bonchev–Trinajstić information content (AvgIpc) is 3.27. The van der Waals surface area contributed by atoms with Crippen molar-refractivity contribution >= 4 is 17.6 Å². The zero-order valence-corrected chi connectivity index (χ0v) is 18.2. The minimum atomic E-state index is -0.162. The van der Waals surface area contributed by atoms with Crippen molar-refractivity contribution in [2.75, 3.05) is 24.5 Å². The Hall–Kier alpha value is -2.89. The van der Waals surface area contributed by atoms with Crippen molar-refractivity contribution in [3.63, 3.8) is 0 Å². The lowest BCUT2D eigenvalue weighted by molar-refractivity contribution is -0.121. The molecule has 1 saturated heterocycles. The molecule has 1 aromatic heterocycles. The van der Waals surface area contributed by atoms with Gasteiger partial charge < -0.3 is 15.5 Å². The summed E-state index contributed by atoms with van der Waals surface area (Å²) < 4.78 is 0. The van der Waals surface area contributed by atoms with Crippen LogP contribution in [0.5, 0.6) is 0 Å². The molecule has 1 fully saturated rings. The zero-order valence-electron chi connectivity index (χ0n) is 18.2. The lowest BCUT2D eigenvalue weighted by atomic mass is 9.87. The average molecular weight is 409 g/mol. The fraction of sp³-hybridized carbons (Fsp3) is 0.458. The van der Waals surface area contributed by atoms with Crippen LogP contribution in [0, 0.1) is 0 Å². The summed E-state index contributed by atoms with van der Waals surface area (Å²) in [5.74, 6) is 0.743. The van der Waals surface area contributed by atoms with Crippen molar-refractivity contribution in [1.82, 2.24) is 15.6 Å². The molecule has 30 heavy (non-hydrogen) atoms. The number of rotatable bonds is 7. The van der Waals surface area contributed by atoms with Gasteiger partial charge in [0.15, 0.2) is 0 Å². The van der Waals surface area contributed by atoms with Gasteiger partial charge in [0.05, 0.1) is 0 Å². The van der Waals surface area contributed by atoms with Crippen LogP contribution < -0.4 is 15.5 Å². The molecule has 6 heteroatoms. The van der Waals surface area contributed by atoms with Gasteiger partial charge in [-0.25, -0.2) is 4.98 Å². The SMILES string of the molecule is CC(C)(C)c1ccc(C(=O)NCCC(=O)NCc2ccc(N3CCCC3)nc2)cc1. The van der Waals surface area contributed by atoms with Crippen LogP contribution >= 0.6 is 0 Å². The molecule has 0 radical (unpaired) electrons. The van der Waals surface area contributed by atoms with Crippen LogP contribution in [0.15, 0.2) is 42.6 Å². The minimum Gasteiger partial charge on any atom is -0.357 e. The first-order valence-corrected chi connectivity index (χ1v) is 10.7. The number of anilines is 1. The summed E-state index contributed by atoms with van der Waals surface area (Å²) in [6.07, 6.45) is 4.50. The number of carbonyl (C=O) groups excluding carboxylic acids is 2. The van der Waals surface area contributed by atoms with Crippen molar-refractivity contribution in [2.45, 2.75) is 52.0 Å². The molecule has 2 heterocycles. The molecule has 160 valence electrons. The zero-order chi connectivity index (χ0) is 21.6. The molecule has 2 aromatic rings. The standard InChI is InChI=1S/C24H32N4O2/c1-24(2,3)20-9-7-19(8-10-20)23(30)25-13-12-22(29)27-17-18-6-11-21(26-16-18)28-14-4-5-15-28/h6-11,16H,4-5,12-15,17H2,1-3H3,(H,25,30)(H,27,29). The smallest absolute Gasteiger partial charge is 0.251 e. The Labute approximate surface area is 179 Å². The van der Waals surface area contributed by atoms with Crippen LogP contribution in [-0.2, 0) is 16.8 Å². The molecular weight excluding hydrogens is 376 g/mol. The molecular formula is C24H32N4O2. The summed E-state index contributed by atoms with van der Waals surface area (Å²) in [6, 6.07) is 11.6. The minimum absolute atomic E-state index is 0.0527. The van der Waals surface area contributed by atoms with Crippen LogP contribution in [0.25, 0.3) is 0 Å². The van der Waals surface area contributed by atoms with Crippen LogP contribution in [-0.4, -0.2) is 36.4 Å². The van der Waals surface area contributed by atoms with Crippen molar-refractivity contribution < 1.29 is 9.59 Å². The normalized spacial score (nSPS) is 13.9. The first kappa shape index (κ1) is 21.8. The van der Waals surface area contributed by atoms with E-state index < -0.39 is 0 Å². The summed E-state index contributed by atoms with van der Waals surface area (Å²) in [6.45, 7) is 9.28. The van der Waals surface area contributed by atoms with Gasteiger partial charge in [-0.2, -0.15) is 0 Å². The summed E-state index contributed by atoms with van der Waals surface area (Å²) in [4.78, 5) is 31.1. The van der Waals surface area contributed by atoms with E-state index in [4.69, 9.17) is 0 Å². The molecule has 0 atom stereocenters. The Balaban J connectivity index is 1.37. The van der Waals surface area contributed by atoms with Crippen LogP contribution in [0.1, 0.15) is 61.5 Å². The Bertz CT molecular complexity index is 848. The number of hydrogen-bond donors (Lipinski definition) is 2. The molecule has 2 N–H and O–H groups in total. The summed E-state index contributed by atoms with van der Waals surface area (Å²) in [5, 5.41) is 5.69. The number of hydrogen-bond acceptors (Lipinski definition) is 4. The molecule has 6 nitrogen and oxygen atoms in total. The van der Waals surface area contributed by atoms with Gasteiger partial charge in [-0.15, -0.1) is 0 Å². The van der Waals surface area contributed by atoms with Crippen molar-refractivity contribution in [3.8, 4) is 0 Å². The van der Waals surface area contributed by atoms with Gasteiger partial charge in [0.1, 0.15) is 5.82 Å². The maximum atomic E-state index is 12.3. The lowest BCUT2D eigenvalue weighted by Crippen LogP contribution is -2.30. The molecule has 2 amide bonds. The van der Waals surface area contributed by atoms with E-state index in [1.54, 1.807) is 0 Å². The molecule has 0 aliphatic carbocycles. The molecule has 1 aliphatic rings. The third kappa shape index (κ3) is 6.05. The Morgan fingerprint density at radius 3 is 2.30 bits per heavy atom. The summed E-state index contributed by atoms with van der Waals surface area (Å²) >= 11 is 0. The van der Waals surface area contributed by atoms with E-state index in [0.29, 0.717) is 18.7 Å². The van der Waals surface area contributed by atoms with Gasteiger partial charge in [-0.05, 0) is 47.6 Å². The first-order chi connectivity index (χ1) is 14.3. The highest BCUT2D eigenvalue weighted by Gasteiger charge is 2.15. The number of pyridine rings is 1. The van der Waals surface area contributed by atoms with E-state index in [1.807, 2.05) is 42.6 Å².